The van der Waals surface area contributed by atoms with Gasteiger partial charge in [0.25, 0.3) is 5.91 Å². The SMILES string of the molecule is CC(C)OC(=O)Nc1ccc(-c2c(N)c3cc(C(=O)N4CCOCC4)ccc3n2C2CCC2)cc1. The molecule has 3 N–H and O–H groups in total. The van der Waals surface area contributed by atoms with E-state index >= 15 is 0 Å². The minimum atomic E-state index is -0.478. The summed E-state index contributed by atoms with van der Waals surface area (Å²) in [6.45, 7) is 5.96. The Balaban J connectivity index is 1.50. The van der Waals surface area contributed by atoms with E-state index in [9.17, 15) is 9.59 Å². The Bertz CT molecular complexity index is 1240. The van der Waals surface area contributed by atoms with Gasteiger partial charge in [-0.2, -0.15) is 0 Å². The van der Waals surface area contributed by atoms with Gasteiger partial charge in [0.2, 0.25) is 0 Å². The molecule has 2 heterocycles. The quantitative estimate of drug-likeness (QED) is 0.537. The largest absolute Gasteiger partial charge is 0.447 e. The zero-order valence-electron chi connectivity index (χ0n) is 20.3. The van der Waals surface area contributed by atoms with Crippen LogP contribution in [0.15, 0.2) is 42.5 Å². The van der Waals surface area contributed by atoms with Crippen LogP contribution in [0.25, 0.3) is 22.2 Å². The summed E-state index contributed by atoms with van der Waals surface area (Å²) in [4.78, 5) is 26.9. The molecule has 0 atom stereocenters. The van der Waals surface area contributed by atoms with Crippen molar-refractivity contribution in [3.05, 3.63) is 48.0 Å². The zero-order chi connectivity index (χ0) is 24.5. The average Bonchev–Trinajstić information content (AvgIpc) is 3.09. The number of fused-ring (bicyclic) bond motifs is 1. The lowest BCUT2D eigenvalue weighted by Crippen LogP contribution is -2.40. The molecular weight excluding hydrogens is 444 g/mol. The number of carbonyl (C=O) groups excluding carboxylic acids is 2. The number of anilines is 2. The van der Waals surface area contributed by atoms with E-state index in [-0.39, 0.29) is 12.0 Å². The Labute approximate surface area is 205 Å². The van der Waals surface area contributed by atoms with Crippen LogP contribution < -0.4 is 11.1 Å². The van der Waals surface area contributed by atoms with Crippen LogP contribution in [0.3, 0.4) is 0 Å². The minimum Gasteiger partial charge on any atom is -0.447 e. The molecule has 35 heavy (non-hydrogen) atoms. The van der Waals surface area contributed by atoms with Crippen molar-refractivity contribution in [1.29, 1.82) is 0 Å². The molecule has 0 bridgehead atoms. The highest BCUT2D eigenvalue weighted by molar-refractivity contribution is 6.05. The number of nitrogens with two attached hydrogens (primary N) is 1. The van der Waals surface area contributed by atoms with Crippen molar-refractivity contribution in [3.8, 4) is 11.3 Å². The number of nitrogen functional groups attached to an aromatic ring is 1. The predicted octanol–water partition coefficient (Wildman–Crippen LogP) is 5.04. The number of aromatic nitrogens is 1. The summed E-state index contributed by atoms with van der Waals surface area (Å²) in [6.07, 6.45) is 2.73. The van der Waals surface area contributed by atoms with Crippen molar-refractivity contribution >= 4 is 34.3 Å². The second-order valence-electron chi connectivity index (χ2n) is 9.51. The Morgan fingerprint density at radius 1 is 1.09 bits per heavy atom. The lowest BCUT2D eigenvalue weighted by molar-refractivity contribution is 0.0303. The first-order valence-electron chi connectivity index (χ1n) is 12.3. The van der Waals surface area contributed by atoms with Crippen LogP contribution in [0, 0.1) is 0 Å². The summed E-state index contributed by atoms with van der Waals surface area (Å²) in [7, 11) is 0. The topological polar surface area (TPSA) is 98.8 Å². The van der Waals surface area contributed by atoms with Crippen molar-refractivity contribution in [1.82, 2.24) is 9.47 Å². The molecule has 2 aromatic carbocycles. The molecule has 1 aliphatic heterocycles. The van der Waals surface area contributed by atoms with Gasteiger partial charge in [-0.3, -0.25) is 10.1 Å². The van der Waals surface area contributed by atoms with Crippen molar-refractivity contribution in [3.63, 3.8) is 0 Å². The summed E-state index contributed by atoms with van der Waals surface area (Å²) in [5, 5.41) is 3.65. The Hall–Kier alpha value is -3.52. The second-order valence-corrected chi connectivity index (χ2v) is 9.51. The minimum absolute atomic E-state index is 0.0104. The predicted molar refractivity (Wildman–Crippen MR) is 137 cm³/mol. The maximum absolute atomic E-state index is 13.1. The van der Waals surface area contributed by atoms with E-state index in [0.29, 0.717) is 49.3 Å². The molecule has 0 spiro atoms. The lowest BCUT2D eigenvalue weighted by atomic mass is 9.92. The van der Waals surface area contributed by atoms with E-state index in [1.165, 1.54) is 6.42 Å². The number of benzene rings is 2. The van der Waals surface area contributed by atoms with Crippen molar-refractivity contribution in [2.75, 3.05) is 37.4 Å². The van der Waals surface area contributed by atoms with Gasteiger partial charge in [-0.25, -0.2) is 4.79 Å². The van der Waals surface area contributed by atoms with Gasteiger partial charge in [0, 0.05) is 41.3 Å². The highest BCUT2D eigenvalue weighted by Gasteiger charge is 2.28. The fourth-order valence-corrected chi connectivity index (χ4v) is 4.81. The molecule has 1 saturated heterocycles. The van der Waals surface area contributed by atoms with E-state index in [0.717, 1.165) is 35.0 Å². The molecule has 1 aromatic heterocycles. The van der Waals surface area contributed by atoms with Crippen molar-refractivity contribution < 1.29 is 19.1 Å². The molecular formula is C27H32N4O4. The number of nitrogens with one attached hydrogen (secondary N) is 1. The molecule has 0 unspecified atom stereocenters. The number of morpholine rings is 1. The monoisotopic (exact) mass is 476 g/mol. The maximum Gasteiger partial charge on any atom is 0.411 e. The summed E-state index contributed by atoms with van der Waals surface area (Å²) < 4.78 is 12.9. The van der Waals surface area contributed by atoms with Crippen molar-refractivity contribution in [2.45, 2.75) is 45.3 Å². The third-order valence-electron chi connectivity index (χ3n) is 6.77. The average molecular weight is 477 g/mol. The number of amides is 2. The summed E-state index contributed by atoms with van der Waals surface area (Å²) in [5.74, 6) is 0.0104. The first-order valence-corrected chi connectivity index (χ1v) is 12.3. The van der Waals surface area contributed by atoms with Gasteiger partial charge < -0.3 is 24.7 Å². The van der Waals surface area contributed by atoms with Crippen LogP contribution in [0.1, 0.15) is 49.5 Å². The Morgan fingerprint density at radius 3 is 2.43 bits per heavy atom. The number of hydrogen-bond acceptors (Lipinski definition) is 5. The molecule has 1 aliphatic carbocycles. The van der Waals surface area contributed by atoms with E-state index in [4.69, 9.17) is 15.2 Å². The molecule has 3 aromatic rings. The number of hydrogen-bond donors (Lipinski definition) is 2. The normalized spacial score (nSPS) is 16.4. The summed E-state index contributed by atoms with van der Waals surface area (Å²) >= 11 is 0. The van der Waals surface area contributed by atoms with Gasteiger partial charge in [-0.15, -0.1) is 0 Å². The van der Waals surface area contributed by atoms with Crippen LogP contribution in [0.2, 0.25) is 0 Å². The maximum atomic E-state index is 13.1. The third kappa shape index (κ3) is 4.58. The zero-order valence-corrected chi connectivity index (χ0v) is 20.3. The van der Waals surface area contributed by atoms with E-state index in [2.05, 4.69) is 9.88 Å². The smallest absolute Gasteiger partial charge is 0.411 e. The molecule has 0 radical (unpaired) electrons. The fraction of sp³-hybridized carbons (Fsp3) is 0.407. The van der Waals surface area contributed by atoms with Crippen LogP contribution in [0.5, 0.6) is 0 Å². The molecule has 2 fully saturated rings. The van der Waals surface area contributed by atoms with Crippen LogP contribution in [-0.4, -0.2) is 53.9 Å². The molecule has 2 amide bonds. The molecule has 5 rings (SSSR count). The number of ether oxygens (including phenoxy) is 2. The lowest BCUT2D eigenvalue weighted by Gasteiger charge is -2.30. The van der Waals surface area contributed by atoms with Crippen molar-refractivity contribution in [2.24, 2.45) is 0 Å². The van der Waals surface area contributed by atoms with E-state index in [1.54, 1.807) is 0 Å². The third-order valence-corrected chi connectivity index (χ3v) is 6.77. The highest BCUT2D eigenvalue weighted by Crippen LogP contribution is 2.44. The molecule has 8 heteroatoms. The number of rotatable bonds is 5. The molecule has 1 saturated carbocycles. The second kappa shape index (κ2) is 9.62. The Kier molecular flexibility index (Phi) is 6.38. The standard InChI is InChI=1S/C27H32N4O4/c1-17(2)35-27(33)29-20-9-6-18(7-10-20)25-24(28)22-16-19(26(32)30-12-14-34-15-13-30)8-11-23(22)31(25)21-4-3-5-21/h6-11,16-17,21H,3-5,12-15,28H2,1-2H3,(H,29,33). The number of nitrogens with zero attached hydrogens (tertiary/aromatic N) is 2. The summed E-state index contributed by atoms with van der Waals surface area (Å²) in [5.41, 5.74) is 11.7. The van der Waals surface area contributed by atoms with Crippen LogP contribution >= 0.6 is 0 Å². The molecule has 8 nitrogen and oxygen atoms in total. The highest BCUT2D eigenvalue weighted by atomic mass is 16.6. The van der Waals surface area contributed by atoms with Crippen LogP contribution in [0.4, 0.5) is 16.2 Å². The van der Waals surface area contributed by atoms with Gasteiger partial charge in [-0.05, 0) is 63.4 Å². The fourth-order valence-electron chi connectivity index (χ4n) is 4.81. The Morgan fingerprint density at radius 2 is 1.80 bits per heavy atom. The van der Waals surface area contributed by atoms with Gasteiger partial charge >= 0.3 is 6.09 Å². The van der Waals surface area contributed by atoms with Gasteiger partial charge in [0.1, 0.15) is 0 Å². The van der Waals surface area contributed by atoms with Crippen LogP contribution in [-0.2, 0) is 9.47 Å². The van der Waals surface area contributed by atoms with Gasteiger partial charge in [-0.1, -0.05) is 12.1 Å². The van der Waals surface area contributed by atoms with Gasteiger partial charge in [0.05, 0.1) is 36.2 Å². The number of carbonyl (C=O) groups is 2. The molecule has 2 aliphatic rings. The van der Waals surface area contributed by atoms with Gasteiger partial charge in [0.15, 0.2) is 0 Å². The first kappa shape index (κ1) is 23.2. The van der Waals surface area contributed by atoms with E-state index in [1.807, 2.05) is 61.2 Å². The first-order chi connectivity index (χ1) is 16.9. The summed E-state index contributed by atoms with van der Waals surface area (Å²) in [6, 6.07) is 13.9. The van der Waals surface area contributed by atoms with E-state index < -0.39 is 6.09 Å². The molecule has 184 valence electrons.